The number of aromatic nitrogens is 4. The van der Waals surface area contributed by atoms with E-state index in [1.54, 1.807) is 18.4 Å². The Kier molecular flexibility index (Phi) is 4.76. The molecule has 3 aromatic heterocycles. The van der Waals surface area contributed by atoms with Crippen LogP contribution < -0.4 is 10.1 Å². The number of benzene rings is 1. The van der Waals surface area contributed by atoms with Gasteiger partial charge in [-0.1, -0.05) is 23.7 Å². The predicted molar refractivity (Wildman–Crippen MR) is 102 cm³/mol. The molecular weight excluding hydrogens is 366 g/mol. The van der Waals surface area contributed by atoms with E-state index < -0.39 is 0 Å². The third-order valence-electron chi connectivity index (χ3n) is 3.71. The van der Waals surface area contributed by atoms with Crippen molar-refractivity contribution in [1.29, 1.82) is 0 Å². The van der Waals surface area contributed by atoms with E-state index in [0.29, 0.717) is 39.7 Å². The minimum Gasteiger partial charge on any atom is -0.484 e. The summed E-state index contributed by atoms with van der Waals surface area (Å²) in [7, 11) is 0. The van der Waals surface area contributed by atoms with Crippen molar-refractivity contribution in [2.45, 2.75) is 13.5 Å². The third-order valence-corrected chi connectivity index (χ3v) is 4.02. The van der Waals surface area contributed by atoms with Crippen molar-refractivity contribution in [3.8, 4) is 17.2 Å². The molecule has 0 atom stereocenters. The number of halogens is 1. The fraction of sp³-hybridized carbons (Fsp3) is 0.105. The summed E-state index contributed by atoms with van der Waals surface area (Å²) in [6.45, 7) is 2.10. The summed E-state index contributed by atoms with van der Waals surface area (Å²) in [5.41, 5.74) is 1.52. The second-order valence-corrected chi connectivity index (χ2v) is 6.21. The number of hydrogen-bond donors (Lipinski definition) is 2. The van der Waals surface area contributed by atoms with Gasteiger partial charge in [0, 0.05) is 17.8 Å². The Hall–Kier alpha value is -3.32. The molecule has 0 spiro atoms. The first-order valence-corrected chi connectivity index (χ1v) is 8.63. The summed E-state index contributed by atoms with van der Waals surface area (Å²) in [5, 5.41) is 10.9. The molecule has 7 nitrogen and oxygen atoms in total. The molecule has 0 unspecified atom stereocenters. The van der Waals surface area contributed by atoms with E-state index in [1.807, 2.05) is 43.3 Å². The largest absolute Gasteiger partial charge is 0.484 e. The molecule has 0 aliphatic carbocycles. The summed E-state index contributed by atoms with van der Waals surface area (Å²) < 4.78 is 11.1. The maximum Gasteiger partial charge on any atom is 0.168 e. The molecule has 0 aliphatic heterocycles. The normalized spacial score (nSPS) is 10.7. The van der Waals surface area contributed by atoms with Crippen LogP contribution in [0.25, 0.3) is 11.5 Å². The average Bonchev–Trinajstić information content (AvgIpc) is 3.32. The highest BCUT2D eigenvalue weighted by Crippen LogP contribution is 2.24. The lowest BCUT2D eigenvalue weighted by atomic mass is 10.3. The standard InChI is InChI=1S/C19H16ClN5O2/c1-12-9-17(22-18-10-14(24-25-18)16-7-4-8-26-16)23-19(21-12)11-27-15-6-3-2-5-13(15)20/h2-10H,11H2,1H3,(H2,21,22,23,24,25). The highest BCUT2D eigenvalue weighted by atomic mass is 35.5. The second-order valence-electron chi connectivity index (χ2n) is 5.80. The van der Waals surface area contributed by atoms with Gasteiger partial charge in [-0.3, -0.25) is 5.10 Å². The van der Waals surface area contributed by atoms with Gasteiger partial charge in [-0.15, -0.1) is 0 Å². The minimum atomic E-state index is 0.209. The number of ether oxygens (including phenoxy) is 1. The molecule has 0 fully saturated rings. The highest BCUT2D eigenvalue weighted by Gasteiger charge is 2.09. The van der Waals surface area contributed by atoms with Gasteiger partial charge in [0.15, 0.2) is 11.6 Å². The van der Waals surface area contributed by atoms with Gasteiger partial charge in [0.2, 0.25) is 0 Å². The number of rotatable bonds is 6. The van der Waals surface area contributed by atoms with Crippen molar-refractivity contribution in [2.75, 3.05) is 5.32 Å². The van der Waals surface area contributed by atoms with E-state index in [-0.39, 0.29) is 6.61 Å². The van der Waals surface area contributed by atoms with Crippen molar-refractivity contribution >= 4 is 23.2 Å². The molecule has 27 heavy (non-hydrogen) atoms. The molecule has 1 aromatic carbocycles. The maximum absolute atomic E-state index is 6.11. The number of nitrogens with zero attached hydrogens (tertiary/aromatic N) is 3. The number of para-hydroxylation sites is 1. The number of aromatic amines is 1. The van der Waals surface area contributed by atoms with E-state index in [9.17, 15) is 0 Å². The number of H-pyrrole nitrogens is 1. The number of nitrogens with one attached hydrogen (secondary N) is 2. The molecule has 0 saturated carbocycles. The van der Waals surface area contributed by atoms with Crippen molar-refractivity contribution in [2.24, 2.45) is 0 Å². The van der Waals surface area contributed by atoms with Gasteiger partial charge >= 0.3 is 0 Å². The van der Waals surface area contributed by atoms with Crippen molar-refractivity contribution in [3.63, 3.8) is 0 Å². The van der Waals surface area contributed by atoms with Crippen LogP contribution in [0.15, 0.2) is 59.2 Å². The fourth-order valence-corrected chi connectivity index (χ4v) is 2.73. The second kappa shape index (κ2) is 7.51. The molecule has 2 N–H and O–H groups in total. The molecule has 0 aliphatic rings. The average molecular weight is 382 g/mol. The number of aryl methyl sites for hydroxylation is 1. The Bertz CT molecular complexity index is 1050. The zero-order chi connectivity index (χ0) is 18.6. The third kappa shape index (κ3) is 4.09. The zero-order valence-electron chi connectivity index (χ0n) is 14.4. The Balaban J connectivity index is 1.48. The van der Waals surface area contributed by atoms with Crippen LogP contribution in [0.1, 0.15) is 11.5 Å². The molecular formula is C19H16ClN5O2. The molecule has 0 radical (unpaired) electrons. The van der Waals surface area contributed by atoms with Crippen LogP contribution in [0.3, 0.4) is 0 Å². The molecule has 136 valence electrons. The van der Waals surface area contributed by atoms with Crippen LogP contribution in [0, 0.1) is 6.92 Å². The molecule has 0 amide bonds. The Morgan fingerprint density at radius 2 is 2.04 bits per heavy atom. The quantitative estimate of drug-likeness (QED) is 0.501. The van der Waals surface area contributed by atoms with Gasteiger partial charge in [-0.25, -0.2) is 9.97 Å². The summed E-state index contributed by atoms with van der Waals surface area (Å²) in [6.07, 6.45) is 1.61. The first-order chi connectivity index (χ1) is 13.2. The van der Waals surface area contributed by atoms with Gasteiger partial charge < -0.3 is 14.5 Å². The lowest BCUT2D eigenvalue weighted by Gasteiger charge is -2.09. The lowest BCUT2D eigenvalue weighted by Crippen LogP contribution is -2.05. The maximum atomic E-state index is 6.11. The fourth-order valence-electron chi connectivity index (χ4n) is 2.54. The van der Waals surface area contributed by atoms with E-state index in [2.05, 4.69) is 25.5 Å². The summed E-state index contributed by atoms with van der Waals surface area (Å²) >= 11 is 6.11. The van der Waals surface area contributed by atoms with Crippen LogP contribution in [-0.2, 0) is 6.61 Å². The van der Waals surface area contributed by atoms with Gasteiger partial charge in [0.25, 0.3) is 0 Å². The number of anilines is 2. The van der Waals surface area contributed by atoms with Crippen molar-refractivity contribution < 1.29 is 9.15 Å². The summed E-state index contributed by atoms with van der Waals surface area (Å²) in [4.78, 5) is 8.89. The molecule has 3 heterocycles. The highest BCUT2D eigenvalue weighted by molar-refractivity contribution is 6.32. The SMILES string of the molecule is Cc1cc(Nc2cc(-c3ccco3)n[nH]2)nc(COc2ccccc2Cl)n1. The van der Waals surface area contributed by atoms with Crippen LogP contribution >= 0.6 is 11.6 Å². The van der Waals surface area contributed by atoms with Crippen LogP contribution in [0.4, 0.5) is 11.6 Å². The van der Waals surface area contributed by atoms with E-state index in [4.69, 9.17) is 20.8 Å². The van der Waals surface area contributed by atoms with Gasteiger partial charge in [0.1, 0.15) is 29.7 Å². The predicted octanol–water partition coefficient (Wildman–Crippen LogP) is 4.74. The molecule has 8 heteroatoms. The van der Waals surface area contributed by atoms with Crippen LogP contribution in [0.2, 0.25) is 5.02 Å². The first-order valence-electron chi connectivity index (χ1n) is 8.25. The Labute approximate surface area is 160 Å². The Morgan fingerprint density at radius 3 is 2.85 bits per heavy atom. The van der Waals surface area contributed by atoms with E-state index in [1.165, 1.54) is 0 Å². The van der Waals surface area contributed by atoms with Gasteiger partial charge in [-0.05, 0) is 31.2 Å². The molecule has 4 aromatic rings. The lowest BCUT2D eigenvalue weighted by molar-refractivity contribution is 0.296. The van der Waals surface area contributed by atoms with E-state index >= 15 is 0 Å². The molecule has 0 bridgehead atoms. The topological polar surface area (TPSA) is 88.9 Å². The number of furan rings is 1. The zero-order valence-corrected chi connectivity index (χ0v) is 15.2. The summed E-state index contributed by atoms with van der Waals surface area (Å²) in [5.74, 6) is 3.15. The summed E-state index contributed by atoms with van der Waals surface area (Å²) in [6, 6.07) is 14.6. The van der Waals surface area contributed by atoms with Gasteiger partial charge in [0.05, 0.1) is 11.3 Å². The van der Waals surface area contributed by atoms with E-state index in [0.717, 1.165) is 5.69 Å². The van der Waals surface area contributed by atoms with Crippen LogP contribution in [-0.4, -0.2) is 20.2 Å². The molecule has 4 rings (SSSR count). The van der Waals surface area contributed by atoms with Gasteiger partial charge in [-0.2, -0.15) is 5.10 Å². The first kappa shape index (κ1) is 17.1. The van der Waals surface area contributed by atoms with Crippen LogP contribution in [0.5, 0.6) is 5.75 Å². The molecule has 0 saturated heterocycles. The van der Waals surface area contributed by atoms with Crippen molar-refractivity contribution in [1.82, 2.24) is 20.2 Å². The minimum absolute atomic E-state index is 0.209. The van der Waals surface area contributed by atoms with Crippen molar-refractivity contribution in [3.05, 3.63) is 71.3 Å². The Morgan fingerprint density at radius 1 is 1.15 bits per heavy atom. The smallest absolute Gasteiger partial charge is 0.168 e. The monoisotopic (exact) mass is 381 g/mol. The number of hydrogen-bond acceptors (Lipinski definition) is 6.